The van der Waals surface area contributed by atoms with E-state index in [9.17, 15) is 9.90 Å². The first kappa shape index (κ1) is 15.3. The molecule has 0 radical (unpaired) electrons. The van der Waals surface area contributed by atoms with Gasteiger partial charge < -0.3 is 20.1 Å². The second-order valence-corrected chi connectivity index (χ2v) is 6.85. The standard InChI is InChI=1S/C16H28N2O3/c19-11-14-16(6-8-17-9-7-16)21-12-15(20)18(14)10-13-4-2-1-3-5-13/h13-14,17,19H,1-12H2. The van der Waals surface area contributed by atoms with Crippen LogP contribution in [0.1, 0.15) is 44.9 Å². The Labute approximate surface area is 127 Å². The summed E-state index contributed by atoms with van der Waals surface area (Å²) in [7, 11) is 0. The van der Waals surface area contributed by atoms with Gasteiger partial charge in [-0.25, -0.2) is 0 Å². The monoisotopic (exact) mass is 296 g/mol. The molecule has 1 saturated carbocycles. The molecule has 1 amide bonds. The maximum absolute atomic E-state index is 12.3. The number of carbonyl (C=O) groups is 1. The molecule has 0 aromatic heterocycles. The van der Waals surface area contributed by atoms with Gasteiger partial charge in [-0.15, -0.1) is 0 Å². The first-order chi connectivity index (χ1) is 10.2. The van der Waals surface area contributed by atoms with Crippen LogP contribution in [0.25, 0.3) is 0 Å². The van der Waals surface area contributed by atoms with Crippen LogP contribution in [0.4, 0.5) is 0 Å². The Morgan fingerprint density at radius 3 is 2.62 bits per heavy atom. The molecular formula is C16H28N2O3. The van der Waals surface area contributed by atoms with Gasteiger partial charge in [0, 0.05) is 6.54 Å². The van der Waals surface area contributed by atoms with Gasteiger partial charge in [-0.2, -0.15) is 0 Å². The Morgan fingerprint density at radius 1 is 1.24 bits per heavy atom. The molecule has 5 heteroatoms. The molecule has 5 nitrogen and oxygen atoms in total. The third kappa shape index (κ3) is 3.10. The zero-order valence-corrected chi connectivity index (χ0v) is 12.9. The van der Waals surface area contributed by atoms with E-state index in [1.807, 2.05) is 4.90 Å². The van der Waals surface area contributed by atoms with Crippen LogP contribution in [0.5, 0.6) is 0 Å². The molecule has 1 aliphatic carbocycles. The lowest BCUT2D eigenvalue weighted by Gasteiger charge is -2.51. The van der Waals surface area contributed by atoms with Crippen molar-refractivity contribution in [1.29, 1.82) is 0 Å². The third-order valence-corrected chi connectivity index (χ3v) is 5.59. The van der Waals surface area contributed by atoms with Gasteiger partial charge in [0.2, 0.25) is 5.91 Å². The first-order valence-corrected chi connectivity index (χ1v) is 8.50. The van der Waals surface area contributed by atoms with Gasteiger partial charge in [0.25, 0.3) is 0 Å². The minimum Gasteiger partial charge on any atom is -0.394 e. The molecule has 1 unspecified atom stereocenters. The van der Waals surface area contributed by atoms with Crippen molar-refractivity contribution in [2.24, 2.45) is 5.92 Å². The lowest BCUT2D eigenvalue weighted by Crippen LogP contribution is -2.66. The SMILES string of the molecule is O=C1COC2(CCNCC2)C(CO)N1CC1CCCCC1. The molecule has 0 aromatic rings. The Hall–Kier alpha value is -0.650. The maximum Gasteiger partial charge on any atom is 0.249 e. The number of piperidine rings is 1. The summed E-state index contributed by atoms with van der Waals surface area (Å²) in [4.78, 5) is 14.3. The fourth-order valence-corrected chi connectivity index (χ4v) is 4.31. The molecule has 3 rings (SSSR count). The average molecular weight is 296 g/mol. The Balaban J connectivity index is 1.73. The molecule has 3 fully saturated rings. The second-order valence-electron chi connectivity index (χ2n) is 6.85. The highest BCUT2D eigenvalue weighted by Gasteiger charge is 2.49. The van der Waals surface area contributed by atoms with Crippen molar-refractivity contribution >= 4 is 5.91 Å². The number of hydrogen-bond acceptors (Lipinski definition) is 4. The lowest BCUT2D eigenvalue weighted by atomic mass is 9.81. The fourth-order valence-electron chi connectivity index (χ4n) is 4.31. The Morgan fingerprint density at radius 2 is 1.95 bits per heavy atom. The number of morpholine rings is 1. The molecule has 3 aliphatic rings. The van der Waals surface area contributed by atoms with E-state index in [2.05, 4.69) is 5.32 Å². The van der Waals surface area contributed by atoms with Gasteiger partial charge >= 0.3 is 0 Å². The van der Waals surface area contributed by atoms with Crippen molar-refractivity contribution in [3.8, 4) is 0 Å². The summed E-state index contributed by atoms with van der Waals surface area (Å²) < 4.78 is 5.95. The highest BCUT2D eigenvalue weighted by Crippen LogP contribution is 2.35. The first-order valence-electron chi connectivity index (χ1n) is 8.50. The summed E-state index contributed by atoms with van der Waals surface area (Å²) in [6.07, 6.45) is 8.09. The minimum atomic E-state index is -0.331. The zero-order chi connectivity index (χ0) is 14.7. The van der Waals surface area contributed by atoms with E-state index < -0.39 is 0 Å². The van der Waals surface area contributed by atoms with E-state index in [0.717, 1.165) is 32.5 Å². The van der Waals surface area contributed by atoms with Crippen molar-refractivity contribution < 1.29 is 14.6 Å². The Bertz CT molecular complexity index is 363. The van der Waals surface area contributed by atoms with Crippen LogP contribution in [0.2, 0.25) is 0 Å². The van der Waals surface area contributed by atoms with Gasteiger partial charge in [0.1, 0.15) is 6.61 Å². The molecule has 0 bridgehead atoms. The smallest absolute Gasteiger partial charge is 0.249 e. The van der Waals surface area contributed by atoms with Gasteiger partial charge in [-0.05, 0) is 44.7 Å². The largest absolute Gasteiger partial charge is 0.394 e. The number of nitrogens with zero attached hydrogens (tertiary/aromatic N) is 1. The van der Waals surface area contributed by atoms with Gasteiger partial charge in [0.15, 0.2) is 0 Å². The van der Waals surface area contributed by atoms with Crippen LogP contribution in [0.15, 0.2) is 0 Å². The predicted octanol–water partition coefficient (Wildman–Crippen LogP) is 0.909. The summed E-state index contributed by atoms with van der Waals surface area (Å²) >= 11 is 0. The van der Waals surface area contributed by atoms with Crippen molar-refractivity contribution in [2.45, 2.75) is 56.6 Å². The molecule has 0 aromatic carbocycles. The highest BCUT2D eigenvalue weighted by atomic mass is 16.5. The van der Waals surface area contributed by atoms with Crippen molar-refractivity contribution in [1.82, 2.24) is 10.2 Å². The molecule has 2 saturated heterocycles. The quantitative estimate of drug-likeness (QED) is 0.812. The zero-order valence-electron chi connectivity index (χ0n) is 12.9. The van der Waals surface area contributed by atoms with Gasteiger partial charge in [-0.1, -0.05) is 19.3 Å². The van der Waals surface area contributed by atoms with Gasteiger partial charge in [0.05, 0.1) is 18.2 Å². The van der Waals surface area contributed by atoms with Crippen LogP contribution in [-0.4, -0.2) is 60.4 Å². The average Bonchev–Trinajstić information content (AvgIpc) is 2.53. The topological polar surface area (TPSA) is 61.8 Å². The number of ether oxygens (including phenoxy) is 1. The van der Waals surface area contributed by atoms with Crippen LogP contribution in [0, 0.1) is 5.92 Å². The predicted molar refractivity (Wildman–Crippen MR) is 79.9 cm³/mol. The van der Waals surface area contributed by atoms with Crippen LogP contribution < -0.4 is 5.32 Å². The molecule has 2 aliphatic heterocycles. The molecule has 1 atom stereocenters. The maximum atomic E-state index is 12.3. The summed E-state index contributed by atoms with van der Waals surface area (Å²) in [5.41, 5.74) is -0.331. The van der Waals surface area contributed by atoms with E-state index >= 15 is 0 Å². The minimum absolute atomic E-state index is 0.0124. The van der Waals surface area contributed by atoms with E-state index in [4.69, 9.17) is 4.74 Å². The van der Waals surface area contributed by atoms with Gasteiger partial charge in [-0.3, -0.25) is 4.79 Å². The molecule has 21 heavy (non-hydrogen) atoms. The van der Waals surface area contributed by atoms with E-state index in [-0.39, 0.29) is 30.8 Å². The number of nitrogens with one attached hydrogen (secondary N) is 1. The lowest BCUT2D eigenvalue weighted by molar-refractivity contribution is -0.191. The highest BCUT2D eigenvalue weighted by molar-refractivity contribution is 5.79. The number of carbonyl (C=O) groups excluding carboxylic acids is 1. The number of aliphatic hydroxyl groups is 1. The normalized spacial score (nSPS) is 30.8. The van der Waals surface area contributed by atoms with E-state index in [1.165, 1.54) is 32.1 Å². The summed E-state index contributed by atoms with van der Waals surface area (Å²) in [6.45, 7) is 2.81. The van der Waals surface area contributed by atoms with Crippen molar-refractivity contribution in [3.63, 3.8) is 0 Å². The number of rotatable bonds is 3. The summed E-state index contributed by atoms with van der Waals surface area (Å²) in [6, 6.07) is -0.164. The van der Waals surface area contributed by atoms with Crippen molar-refractivity contribution in [3.05, 3.63) is 0 Å². The fraction of sp³-hybridized carbons (Fsp3) is 0.938. The molecule has 120 valence electrons. The molecular weight excluding hydrogens is 268 g/mol. The summed E-state index contributed by atoms with van der Waals surface area (Å²) in [5, 5.41) is 13.3. The summed E-state index contributed by atoms with van der Waals surface area (Å²) in [5.74, 6) is 0.664. The van der Waals surface area contributed by atoms with Crippen LogP contribution >= 0.6 is 0 Å². The Kier molecular flexibility index (Phi) is 4.82. The number of aliphatic hydroxyl groups excluding tert-OH is 1. The molecule has 2 heterocycles. The van der Waals surface area contributed by atoms with E-state index in [0.29, 0.717) is 5.92 Å². The third-order valence-electron chi connectivity index (χ3n) is 5.59. The number of amides is 1. The van der Waals surface area contributed by atoms with Crippen LogP contribution in [-0.2, 0) is 9.53 Å². The number of hydrogen-bond donors (Lipinski definition) is 2. The molecule has 1 spiro atoms. The van der Waals surface area contributed by atoms with Crippen LogP contribution in [0.3, 0.4) is 0 Å². The van der Waals surface area contributed by atoms with E-state index in [1.54, 1.807) is 0 Å². The van der Waals surface area contributed by atoms with Crippen molar-refractivity contribution in [2.75, 3.05) is 32.8 Å². The second kappa shape index (κ2) is 6.63. The molecule has 2 N–H and O–H groups in total.